The van der Waals surface area contributed by atoms with Crippen LogP contribution in [-0.2, 0) is 14.8 Å². The van der Waals surface area contributed by atoms with Crippen molar-refractivity contribution in [3.05, 3.63) is 59.7 Å². The maximum absolute atomic E-state index is 12.9. The zero-order valence-electron chi connectivity index (χ0n) is 17.3. The number of rotatable bonds is 6. The van der Waals surface area contributed by atoms with E-state index in [1.807, 2.05) is 43.3 Å². The molecule has 1 saturated heterocycles. The van der Waals surface area contributed by atoms with Crippen molar-refractivity contribution >= 4 is 21.6 Å². The summed E-state index contributed by atoms with van der Waals surface area (Å²) in [5.41, 5.74) is 2.97. The number of hydrogen-bond acceptors (Lipinski definition) is 3. The van der Waals surface area contributed by atoms with Crippen molar-refractivity contribution in [3.8, 4) is 0 Å². The molecule has 7 heteroatoms. The first kappa shape index (κ1) is 21.5. The van der Waals surface area contributed by atoms with Crippen LogP contribution >= 0.6 is 0 Å². The van der Waals surface area contributed by atoms with Crippen LogP contribution in [0.3, 0.4) is 0 Å². The van der Waals surface area contributed by atoms with Crippen LogP contribution in [0.2, 0.25) is 0 Å². The van der Waals surface area contributed by atoms with Crippen molar-refractivity contribution in [1.82, 2.24) is 4.31 Å². The molecule has 0 aliphatic carbocycles. The highest BCUT2D eigenvalue weighted by atomic mass is 32.2. The lowest BCUT2D eigenvalue weighted by atomic mass is 10.0. The van der Waals surface area contributed by atoms with Gasteiger partial charge in [-0.15, -0.1) is 0 Å². The fourth-order valence-electron chi connectivity index (χ4n) is 3.53. The first-order valence-electron chi connectivity index (χ1n) is 10.1. The molecule has 0 radical (unpaired) electrons. The van der Waals surface area contributed by atoms with E-state index in [1.165, 1.54) is 4.31 Å². The van der Waals surface area contributed by atoms with Gasteiger partial charge in [0.05, 0.1) is 31.1 Å². The Hall–Kier alpha value is -2.22. The van der Waals surface area contributed by atoms with Gasteiger partial charge in [-0.2, -0.15) is 4.31 Å². The summed E-state index contributed by atoms with van der Waals surface area (Å²) in [6.45, 7) is 8.53. The first-order chi connectivity index (χ1) is 13.8. The van der Waals surface area contributed by atoms with Crippen LogP contribution in [0.15, 0.2) is 53.4 Å². The lowest BCUT2D eigenvalue weighted by Gasteiger charge is -2.31. The summed E-state index contributed by atoms with van der Waals surface area (Å²) in [5, 5.41) is 2.95. The highest BCUT2D eigenvalue weighted by Crippen LogP contribution is 2.20. The second kappa shape index (κ2) is 9.07. The third-order valence-corrected chi connectivity index (χ3v) is 7.36. The smallest absolute Gasteiger partial charge is 0.279 e. The van der Waals surface area contributed by atoms with Gasteiger partial charge in [-0.05, 0) is 42.2 Å². The van der Waals surface area contributed by atoms with E-state index in [4.69, 9.17) is 0 Å². The molecule has 2 aromatic rings. The summed E-state index contributed by atoms with van der Waals surface area (Å²) in [6.07, 6.45) is 0. The predicted molar refractivity (Wildman–Crippen MR) is 115 cm³/mol. The second-order valence-corrected chi connectivity index (χ2v) is 9.86. The molecule has 1 amide bonds. The molecule has 2 N–H and O–H groups in total. The molecule has 1 fully saturated rings. The van der Waals surface area contributed by atoms with Gasteiger partial charge < -0.3 is 10.2 Å². The number of sulfonamides is 1. The van der Waals surface area contributed by atoms with Gasteiger partial charge in [0.1, 0.15) is 0 Å². The largest absolute Gasteiger partial charge is 0.325 e. The molecule has 1 heterocycles. The maximum Gasteiger partial charge on any atom is 0.279 e. The number of para-hydroxylation sites is 1. The van der Waals surface area contributed by atoms with Gasteiger partial charge in [0.15, 0.2) is 6.54 Å². The topological polar surface area (TPSA) is 70.9 Å². The van der Waals surface area contributed by atoms with E-state index in [0.717, 1.165) is 21.7 Å². The lowest BCUT2D eigenvalue weighted by Crippen LogP contribution is -3.15. The molecule has 0 unspecified atom stereocenters. The molecular weight excluding hydrogens is 386 g/mol. The molecular formula is C22H30N3O3S+. The van der Waals surface area contributed by atoms with Crippen molar-refractivity contribution in [2.24, 2.45) is 0 Å². The van der Waals surface area contributed by atoms with Crippen molar-refractivity contribution < 1.29 is 18.1 Å². The van der Waals surface area contributed by atoms with Crippen molar-refractivity contribution in [2.45, 2.75) is 31.6 Å². The predicted octanol–water partition coefficient (Wildman–Crippen LogP) is 1.65. The van der Waals surface area contributed by atoms with Crippen molar-refractivity contribution in [1.29, 1.82) is 0 Å². The minimum absolute atomic E-state index is 0.0464. The average Bonchev–Trinajstić information content (AvgIpc) is 2.70. The molecule has 0 spiro atoms. The molecule has 0 aromatic heterocycles. The zero-order chi connectivity index (χ0) is 21.0. The average molecular weight is 417 g/mol. The molecule has 2 aromatic carbocycles. The van der Waals surface area contributed by atoms with Crippen LogP contribution in [0.5, 0.6) is 0 Å². The Morgan fingerprint density at radius 2 is 1.69 bits per heavy atom. The summed E-state index contributed by atoms with van der Waals surface area (Å²) in [7, 11) is -3.49. The number of hydrogen-bond donors (Lipinski definition) is 2. The molecule has 6 nitrogen and oxygen atoms in total. The Labute approximate surface area is 173 Å². The summed E-state index contributed by atoms with van der Waals surface area (Å²) in [6, 6.07) is 14.8. The molecule has 29 heavy (non-hydrogen) atoms. The number of quaternary nitrogens is 1. The SMILES string of the molecule is Cc1ccccc1NC(=O)C[NH+]1CCN(S(=O)(=O)c2ccc(C(C)C)cc2)CC1. The summed E-state index contributed by atoms with van der Waals surface area (Å²) >= 11 is 0. The Balaban J connectivity index is 1.55. The number of aryl methyl sites for hydroxylation is 1. The first-order valence-corrected chi connectivity index (χ1v) is 11.5. The fraction of sp³-hybridized carbons (Fsp3) is 0.409. The lowest BCUT2D eigenvalue weighted by molar-refractivity contribution is -0.895. The standard InChI is InChI=1S/C22H29N3O3S/c1-17(2)19-8-10-20(11-9-19)29(27,28)25-14-12-24(13-15-25)16-22(26)23-21-7-5-4-6-18(21)3/h4-11,17H,12-16H2,1-3H3,(H,23,26)/p+1. The number of piperazine rings is 1. The summed E-state index contributed by atoms with van der Waals surface area (Å²) < 4.78 is 27.4. The molecule has 1 aliphatic heterocycles. The van der Waals surface area contributed by atoms with Crippen LogP contribution in [0.25, 0.3) is 0 Å². The van der Waals surface area contributed by atoms with Crippen molar-refractivity contribution in [2.75, 3.05) is 38.0 Å². The van der Waals surface area contributed by atoms with Crippen LogP contribution in [0.4, 0.5) is 5.69 Å². The maximum atomic E-state index is 12.9. The fourth-order valence-corrected chi connectivity index (χ4v) is 4.97. The highest BCUT2D eigenvalue weighted by Gasteiger charge is 2.31. The number of anilines is 1. The number of nitrogens with one attached hydrogen (secondary N) is 2. The Morgan fingerprint density at radius 3 is 2.28 bits per heavy atom. The molecule has 0 atom stereocenters. The van der Waals surface area contributed by atoms with Crippen LogP contribution < -0.4 is 10.2 Å². The quantitative estimate of drug-likeness (QED) is 0.752. The second-order valence-electron chi connectivity index (χ2n) is 7.92. The van der Waals surface area contributed by atoms with E-state index < -0.39 is 10.0 Å². The van der Waals surface area contributed by atoms with Crippen LogP contribution in [0.1, 0.15) is 30.9 Å². The van der Waals surface area contributed by atoms with Crippen LogP contribution in [-0.4, -0.2) is 51.4 Å². The molecule has 3 rings (SSSR count). The van der Waals surface area contributed by atoms with E-state index in [2.05, 4.69) is 19.2 Å². The monoisotopic (exact) mass is 416 g/mol. The van der Waals surface area contributed by atoms with Gasteiger partial charge >= 0.3 is 0 Å². The Kier molecular flexibility index (Phi) is 6.72. The minimum atomic E-state index is -3.49. The van der Waals surface area contributed by atoms with Crippen molar-refractivity contribution in [3.63, 3.8) is 0 Å². The minimum Gasteiger partial charge on any atom is -0.325 e. The number of carbonyl (C=O) groups excluding carboxylic acids is 1. The molecule has 0 saturated carbocycles. The van der Waals surface area contributed by atoms with Gasteiger partial charge in [-0.25, -0.2) is 8.42 Å². The normalized spacial score (nSPS) is 16.1. The van der Waals surface area contributed by atoms with E-state index in [-0.39, 0.29) is 5.91 Å². The van der Waals surface area contributed by atoms with E-state index in [0.29, 0.717) is 43.5 Å². The van der Waals surface area contributed by atoms with Gasteiger partial charge in [0.2, 0.25) is 10.0 Å². The molecule has 0 bridgehead atoms. The van der Waals surface area contributed by atoms with E-state index in [1.54, 1.807) is 12.1 Å². The number of carbonyl (C=O) groups is 1. The molecule has 156 valence electrons. The Morgan fingerprint density at radius 1 is 1.07 bits per heavy atom. The van der Waals surface area contributed by atoms with Gasteiger partial charge in [-0.1, -0.05) is 44.2 Å². The van der Waals surface area contributed by atoms with Crippen LogP contribution in [0, 0.1) is 6.92 Å². The molecule has 1 aliphatic rings. The number of benzene rings is 2. The highest BCUT2D eigenvalue weighted by molar-refractivity contribution is 7.89. The third-order valence-electron chi connectivity index (χ3n) is 5.44. The van der Waals surface area contributed by atoms with E-state index in [9.17, 15) is 13.2 Å². The summed E-state index contributed by atoms with van der Waals surface area (Å²) in [4.78, 5) is 13.8. The number of nitrogens with zero attached hydrogens (tertiary/aromatic N) is 1. The van der Waals surface area contributed by atoms with Gasteiger partial charge in [0, 0.05) is 5.69 Å². The third kappa shape index (κ3) is 5.23. The Bertz CT molecular complexity index is 948. The zero-order valence-corrected chi connectivity index (χ0v) is 18.1. The van der Waals surface area contributed by atoms with Gasteiger partial charge in [-0.3, -0.25) is 4.79 Å². The number of amides is 1. The van der Waals surface area contributed by atoms with E-state index >= 15 is 0 Å². The van der Waals surface area contributed by atoms with Gasteiger partial charge in [0.25, 0.3) is 5.91 Å². The summed E-state index contributed by atoms with van der Waals surface area (Å²) in [5.74, 6) is 0.319.